The van der Waals surface area contributed by atoms with E-state index in [1.54, 1.807) is 12.1 Å². The highest BCUT2D eigenvalue weighted by Crippen LogP contribution is 2.29. The summed E-state index contributed by atoms with van der Waals surface area (Å²) in [6.45, 7) is 0.880. The van der Waals surface area contributed by atoms with E-state index in [9.17, 15) is 13.2 Å². The van der Waals surface area contributed by atoms with Gasteiger partial charge in [0, 0.05) is 25.3 Å². The molecule has 23 heavy (non-hydrogen) atoms. The quantitative estimate of drug-likeness (QED) is 0.775. The van der Waals surface area contributed by atoms with Gasteiger partial charge >= 0.3 is 5.97 Å². The van der Waals surface area contributed by atoms with Crippen LogP contribution in [0.2, 0.25) is 0 Å². The molecule has 8 nitrogen and oxygen atoms in total. The minimum atomic E-state index is -3.83. The summed E-state index contributed by atoms with van der Waals surface area (Å²) in [5.41, 5.74) is 1.82. The van der Waals surface area contributed by atoms with E-state index in [4.69, 9.17) is 5.11 Å². The van der Waals surface area contributed by atoms with Crippen molar-refractivity contribution in [1.29, 1.82) is 0 Å². The summed E-state index contributed by atoms with van der Waals surface area (Å²) in [6.07, 6.45) is 1.97. The molecular formula is C14H16N4O4S. The molecule has 0 radical (unpaired) electrons. The second kappa shape index (κ2) is 5.58. The third-order valence-corrected chi connectivity index (χ3v) is 5.12. The average Bonchev–Trinajstić information content (AvgIpc) is 2.95. The van der Waals surface area contributed by atoms with Crippen LogP contribution >= 0.6 is 0 Å². The van der Waals surface area contributed by atoms with Crippen LogP contribution < -0.4 is 9.62 Å². The summed E-state index contributed by atoms with van der Waals surface area (Å²) in [6, 6.07) is 6.11. The number of aromatic carboxylic acids is 1. The summed E-state index contributed by atoms with van der Waals surface area (Å²) in [7, 11) is -1.91. The number of hydrogen-bond donors (Lipinski definition) is 3. The number of carbonyl (C=O) groups is 1. The van der Waals surface area contributed by atoms with Crippen molar-refractivity contribution in [1.82, 2.24) is 10.2 Å². The number of nitrogens with zero attached hydrogens (tertiary/aromatic N) is 2. The second-order valence-corrected chi connectivity index (χ2v) is 7.08. The van der Waals surface area contributed by atoms with Gasteiger partial charge in [-0.2, -0.15) is 5.10 Å². The van der Waals surface area contributed by atoms with Gasteiger partial charge in [-0.25, -0.2) is 13.2 Å². The Morgan fingerprint density at radius 1 is 1.39 bits per heavy atom. The first-order valence-corrected chi connectivity index (χ1v) is 8.51. The van der Waals surface area contributed by atoms with Crippen molar-refractivity contribution in [2.45, 2.75) is 17.7 Å². The number of fused-ring (bicyclic) bond motifs is 1. The number of H-pyrrole nitrogens is 1. The number of anilines is 2. The molecule has 0 saturated heterocycles. The molecule has 9 heteroatoms. The van der Waals surface area contributed by atoms with Crippen molar-refractivity contribution in [3.05, 3.63) is 35.5 Å². The van der Waals surface area contributed by atoms with Crippen LogP contribution in [0.5, 0.6) is 0 Å². The number of carboxylic acids is 1. The Hall–Kier alpha value is -2.55. The standard InChI is InChI=1S/C14H16N4O4S/c1-18-6-2-3-9-4-5-10(7-12(9)18)23(21,22)17-13-8-11(14(19)20)15-16-13/h4-5,7-8H,2-3,6H2,1H3,(H,19,20)(H2,15,16,17). The van der Waals surface area contributed by atoms with Crippen LogP contribution in [-0.2, 0) is 16.4 Å². The number of benzene rings is 1. The zero-order valence-corrected chi connectivity index (χ0v) is 13.2. The fourth-order valence-corrected chi connectivity index (χ4v) is 3.60. The van der Waals surface area contributed by atoms with Gasteiger partial charge in [0.2, 0.25) is 0 Å². The molecule has 122 valence electrons. The van der Waals surface area contributed by atoms with Gasteiger partial charge in [0.25, 0.3) is 10.0 Å². The first kappa shape index (κ1) is 15.3. The Bertz CT molecular complexity index is 859. The third-order valence-electron chi connectivity index (χ3n) is 3.77. The van der Waals surface area contributed by atoms with Gasteiger partial charge < -0.3 is 10.0 Å². The lowest BCUT2D eigenvalue weighted by atomic mass is 10.0. The van der Waals surface area contributed by atoms with E-state index in [0.29, 0.717) is 0 Å². The maximum atomic E-state index is 12.4. The molecular weight excluding hydrogens is 320 g/mol. The molecule has 1 aliphatic rings. The Morgan fingerprint density at radius 3 is 2.87 bits per heavy atom. The molecule has 0 atom stereocenters. The highest BCUT2D eigenvalue weighted by molar-refractivity contribution is 7.92. The maximum Gasteiger partial charge on any atom is 0.353 e. The van der Waals surface area contributed by atoms with Crippen LogP contribution in [0, 0.1) is 0 Å². The summed E-state index contributed by atoms with van der Waals surface area (Å²) < 4.78 is 27.2. The lowest BCUT2D eigenvalue weighted by Crippen LogP contribution is -2.25. The second-order valence-electron chi connectivity index (χ2n) is 5.39. The lowest BCUT2D eigenvalue weighted by molar-refractivity contribution is 0.0690. The van der Waals surface area contributed by atoms with E-state index in [0.717, 1.165) is 36.7 Å². The number of hydrogen-bond acceptors (Lipinski definition) is 5. The van der Waals surface area contributed by atoms with Crippen molar-refractivity contribution < 1.29 is 18.3 Å². The number of aromatic amines is 1. The number of aryl methyl sites for hydroxylation is 1. The molecule has 1 aromatic heterocycles. The molecule has 1 aromatic carbocycles. The van der Waals surface area contributed by atoms with Gasteiger partial charge in [0.1, 0.15) is 5.69 Å². The topological polar surface area (TPSA) is 115 Å². The van der Waals surface area contributed by atoms with E-state index in [2.05, 4.69) is 14.9 Å². The number of aromatic nitrogens is 2. The number of carboxylic acid groups (broad SMARTS) is 1. The van der Waals surface area contributed by atoms with Crippen LogP contribution in [0.1, 0.15) is 22.5 Å². The van der Waals surface area contributed by atoms with Gasteiger partial charge in [0.05, 0.1) is 4.90 Å². The molecule has 0 aliphatic carbocycles. The molecule has 2 heterocycles. The van der Waals surface area contributed by atoms with Crippen LogP contribution in [0.25, 0.3) is 0 Å². The van der Waals surface area contributed by atoms with Gasteiger partial charge in [-0.15, -0.1) is 0 Å². The number of rotatable bonds is 4. The Kier molecular flexibility index (Phi) is 3.72. The van der Waals surface area contributed by atoms with Crippen molar-refractivity contribution in [2.24, 2.45) is 0 Å². The molecule has 1 aliphatic heterocycles. The van der Waals surface area contributed by atoms with Crippen LogP contribution in [-0.4, -0.2) is 43.3 Å². The molecule has 0 saturated carbocycles. The van der Waals surface area contributed by atoms with E-state index >= 15 is 0 Å². The van der Waals surface area contributed by atoms with Crippen LogP contribution in [0.15, 0.2) is 29.2 Å². The van der Waals surface area contributed by atoms with Gasteiger partial charge in [-0.3, -0.25) is 9.82 Å². The van der Waals surface area contributed by atoms with Crippen molar-refractivity contribution >= 4 is 27.5 Å². The molecule has 0 amide bonds. The zero-order valence-electron chi connectivity index (χ0n) is 12.4. The fourth-order valence-electron chi connectivity index (χ4n) is 2.58. The predicted molar refractivity (Wildman–Crippen MR) is 84.4 cm³/mol. The largest absolute Gasteiger partial charge is 0.477 e. The molecule has 0 fully saturated rings. The Labute approximate surface area is 133 Å². The predicted octanol–water partition coefficient (Wildman–Crippen LogP) is 1.29. The monoisotopic (exact) mass is 336 g/mol. The molecule has 2 aromatic rings. The van der Waals surface area contributed by atoms with E-state index in [1.807, 2.05) is 18.0 Å². The molecule has 0 unspecified atom stereocenters. The molecule has 3 rings (SSSR count). The highest BCUT2D eigenvalue weighted by Gasteiger charge is 2.21. The zero-order chi connectivity index (χ0) is 16.6. The Morgan fingerprint density at radius 2 is 2.17 bits per heavy atom. The summed E-state index contributed by atoms with van der Waals surface area (Å²) in [5, 5.41) is 14.7. The number of nitrogens with one attached hydrogen (secondary N) is 2. The minimum Gasteiger partial charge on any atom is -0.477 e. The number of sulfonamides is 1. The lowest BCUT2D eigenvalue weighted by Gasteiger charge is -2.27. The van der Waals surface area contributed by atoms with Crippen LogP contribution in [0.4, 0.5) is 11.5 Å². The first-order chi connectivity index (χ1) is 10.9. The van der Waals surface area contributed by atoms with Gasteiger partial charge in [0.15, 0.2) is 5.82 Å². The summed E-state index contributed by atoms with van der Waals surface area (Å²) >= 11 is 0. The Balaban J connectivity index is 1.90. The molecule has 0 bridgehead atoms. The summed E-state index contributed by atoms with van der Waals surface area (Å²) in [4.78, 5) is 12.9. The maximum absolute atomic E-state index is 12.4. The fraction of sp³-hybridized carbons (Fsp3) is 0.286. The normalized spacial score (nSPS) is 14.4. The van der Waals surface area contributed by atoms with Crippen molar-refractivity contribution in [3.8, 4) is 0 Å². The summed E-state index contributed by atoms with van der Waals surface area (Å²) in [5.74, 6) is -1.27. The van der Waals surface area contributed by atoms with Crippen molar-refractivity contribution in [2.75, 3.05) is 23.2 Å². The SMILES string of the molecule is CN1CCCc2ccc(S(=O)(=O)Nc3cc(C(=O)O)[nH]n3)cc21. The first-order valence-electron chi connectivity index (χ1n) is 7.02. The molecule has 0 spiro atoms. The average molecular weight is 336 g/mol. The van der Waals surface area contributed by atoms with Gasteiger partial charge in [-0.1, -0.05) is 6.07 Å². The van der Waals surface area contributed by atoms with Crippen LogP contribution in [0.3, 0.4) is 0 Å². The van der Waals surface area contributed by atoms with E-state index in [-0.39, 0.29) is 16.4 Å². The van der Waals surface area contributed by atoms with E-state index < -0.39 is 16.0 Å². The minimum absolute atomic E-state index is 0.0616. The highest BCUT2D eigenvalue weighted by atomic mass is 32.2. The van der Waals surface area contributed by atoms with Crippen molar-refractivity contribution in [3.63, 3.8) is 0 Å². The smallest absolute Gasteiger partial charge is 0.353 e. The third kappa shape index (κ3) is 3.00. The van der Waals surface area contributed by atoms with E-state index in [1.165, 1.54) is 0 Å². The van der Waals surface area contributed by atoms with Gasteiger partial charge in [-0.05, 0) is 30.5 Å². The molecule has 3 N–H and O–H groups in total.